The van der Waals surface area contributed by atoms with E-state index in [1.807, 2.05) is 45.0 Å². The summed E-state index contributed by atoms with van der Waals surface area (Å²) < 4.78 is 5.37. The second kappa shape index (κ2) is 7.04. The summed E-state index contributed by atoms with van der Waals surface area (Å²) >= 11 is 1.48. The first kappa shape index (κ1) is 15.3. The number of thiazole rings is 1. The second-order valence-electron chi connectivity index (χ2n) is 4.49. The number of nitrogens with one attached hydrogen (secondary N) is 1. The number of ether oxygens (including phenoxy) is 1. The highest BCUT2D eigenvalue weighted by Gasteiger charge is 2.05. The minimum atomic E-state index is -0.183. The zero-order valence-electron chi connectivity index (χ0n) is 12.3. The topological polar surface area (TPSA) is 51.2 Å². The van der Waals surface area contributed by atoms with E-state index in [-0.39, 0.29) is 5.91 Å². The van der Waals surface area contributed by atoms with Gasteiger partial charge in [-0.2, -0.15) is 0 Å². The van der Waals surface area contributed by atoms with Crippen LogP contribution in [0.15, 0.2) is 30.3 Å². The predicted molar refractivity (Wildman–Crippen MR) is 86.9 cm³/mol. The van der Waals surface area contributed by atoms with Crippen LogP contribution in [0.2, 0.25) is 0 Å². The molecule has 0 atom stereocenters. The van der Waals surface area contributed by atoms with E-state index in [4.69, 9.17) is 4.74 Å². The first-order chi connectivity index (χ1) is 10.1. The molecule has 0 radical (unpaired) electrons. The molecule has 0 unspecified atom stereocenters. The smallest absolute Gasteiger partial charge is 0.250 e. The van der Waals surface area contributed by atoms with E-state index in [2.05, 4.69) is 10.3 Å². The highest BCUT2D eigenvalue weighted by molar-refractivity contribution is 7.15. The van der Waals surface area contributed by atoms with Crippen LogP contribution in [0.4, 0.5) is 5.13 Å². The van der Waals surface area contributed by atoms with Gasteiger partial charge in [0.15, 0.2) is 5.13 Å². The number of hydrogen-bond donors (Lipinski definition) is 1. The molecular weight excluding hydrogens is 284 g/mol. The third kappa shape index (κ3) is 4.43. The summed E-state index contributed by atoms with van der Waals surface area (Å²) in [6, 6.07) is 7.59. The van der Waals surface area contributed by atoms with Crippen LogP contribution >= 0.6 is 11.3 Å². The van der Waals surface area contributed by atoms with Gasteiger partial charge in [0.25, 0.3) is 0 Å². The average Bonchev–Trinajstić information content (AvgIpc) is 2.77. The number of benzene rings is 1. The van der Waals surface area contributed by atoms with Gasteiger partial charge in [-0.3, -0.25) is 10.1 Å². The number of carbonyl (C=O) groups excluding carboxylic acids is 1. The number of aryl methyl sites for hydroxylation is 2. The normalized spacial score (nSPS) is 10.8. The Labute approximate surface area is 128 Å². The fraction of sp³-hybridized carbons (Fsp3) is 0.250. The molecule has 21 heavy (non-hydrogen) atoms. The monoisotopic (exact) mass is 302 g/mol. The predicted octanol–water partition coefficient (Wildman–Crippen LogP) is 3.81. The molecule has 0 saturated carbocycles. The molecular formula is C16H18N2O2S. The first-order valence-electron chi connectivity index (χ1n) is 6.74. The summed E-state index contributed by atoms with van der Waals surface area (Å²) in [5, 5.41) is 3.39. The van der Waals surface area contributed by atoms with E-state index in [1.165, 1.54) is 17.4 Å². The van der Waals surface area contributed by atoms with Gasteiger partial charge in [0.05, 0.1) is 12.3 Å². The summed E-state index contributed by atoms with van der Waals surface area (Å²) in [4.78, 5) is 17.2. The van der Waals surface area contributed by atoms with Gasteiger partial charge >= 0.3 is 0 Å². The van der Waals surface area contributed by atoms with Crippen molar-refractivity contribution in [3.05, 3.63) is 46.5 Å². The molecule has 0 aliphatic carbocycles. The molecule has 4 nitrogen and oxygen atoms in total. The van der Waals surface area contributed by atoms with Gasteiger partial charge in [0.2, 0.25) is 5.91 Å². The van der Waals surface area contributed by atoms with Crippen LogP contribution in [-0.2, 0) is 4.79 Å². The molecule has 1 heterocycles. The Bertz CT molecular complexity index is 625. The lowest BCUT2D eigenvalue weighted by molar-refractivity contribution is -0.111. The summed E-state index contributed by atoms with van der Waals surface area (Å²) in [6.45, 7) is 6.50. The Morgan fingerprint density at radius 3 is 2.62 bits per heavy atom. The molecule has 2 aromatic rings. The fourth-order valence-electron chi connectivity index (χ4n) is 1.69. The van der Waals surface area contributed by atoms with Crippen LogP contribution in [-0.4, -0.2) is 17.5 Å². The Kier molecular flexibility index (Phi) is 5.11. The number of hydrogen-bond acceptors (Lipinski definition) is 4. The fourth-order valence-corrected chi connectivity index (χ4v) is 2.50. The second-order valence-corrected chi connectivity index (χ2v) is 5.69. The Morgan fingerprint density at radius 1 is 1.33 bits per heavy atom. The maximum absolute atomic E-state index is 11.8. The number of anilines is 1. The van der Waals surface area contributed by atoms with Gasteiger partial charge in [-0.25, -0.2) is 4.98 Å². The summed E-state index contributed by atoms with van der Waals surface area (Å²) in [7, 11) is 0. The Hall–Kier alpha value is -2.14. The summed E-state index contributed by atoms with van der Waals surface area (Å²) in [5.74, 6) is 0.644. The van der Waals surface area contributed by atoms with Crippen LogP contribution in [0.5, 0.6) is 5.75 Å². The highest BCUT2D eigenvalue weighted by Crippen LogP contribution is 2.21. The molecule has 1 aromatic heterocycles. The van der Waals surface area contributed by atoms with Crippen molar-refractivity contribution < 1.29 is 9.53 Å². The highest BCUT2D eigenvalue weighted by atomic mass is 32.1. The molecule has 110 valence electrons. The Morgan fingerprint density at radius 2 is 2.05 bits per heavy atom. The zero-order chi connectivity index (χ0) is 15.2. The van der Waals surface area contributed by atoms with Crippen LogP contribution in [0, 0.1) is 13.8 Å². The van der Waals surface area contributed by atoms with Crippen molar-refractivity contribution in [1.29, 1.82) is 0 Å². The molecule has 0 spiro atoms. The third-order valence-corrected chi connectivity index (χ3v) is 3.87. The van der Waals surface area contributed by atoms with Crippen LogP contribution in [0.3, 0.4) is 0 Å². The molecule has 1 N–H and O–H groups in total. The minimum Gasteiger partial charge on any atom is -0.494 e. The maximum Gasteiger partial charge on any atom is 0.250 e. The average molecular weight is 302 g/mol. The third-order valence-electron chi connectivity index (χ3n) is 2.88. The van der Waals surface area contributed by atoms with Gasteiger partial charge in [-0.05, 0) is 44.5 Å². The van der Waals surface area contributed by atoms with E-state index >= 15 is 0 Å². The van der Waals surface area contributed by atoms with Gasteiger partial charge in [-0.1, -0.05) is 12.1 Å². The van der Waals surface area contributed by atoms with Crippen LogP contribution < -0.4 is 10.1 Å². The number of rotatable bonds is 5. The van der Waals surface area contributed by atoms with E-state index in [9.17, 15) is 4.79 Å². The van der Waals surface area contributed by atoms with Crippen LogP contribution in [0.1, 0.15) is 23.1 Å². The number of nitrogens with zero attached hydrogens (tertiary/aromatic N) is 1. The SMILES string of the molecule is CCOc1ccc(C=CC(=O)Nc2nc(C)c(C)s2)cc1. The van der Waals surface area contributed by atoms with Crippen molar-refractivity contribution in [2.75, 3.05) is 11.9 Å². The molecule has 0 saturated heterocycles. The lowest BCUT2D eigenvalue weighted by Gasteiger charge is -2.02. The number of amides is 1. The minimum absolute atomic E-state index is 0.183. The van der Waals surface area contributed by atoms with E-state index < -0.39 is 0 Å². The quantitative estimate of drug-likeness (QED) is 0.854. The van der Waals surface area contributed by atoms with E-state index in [0.717, 1.165) is 21.9 Å². The molecule has 0 bridgehead atoms. The molecule has 5 heteroatoms. The molecule has 0 aliphatic heterocycles. The van der Waals surface area contributed by atoms with Crippen molar-refractivity contribution >= 4 is 28.5 Å². The van der Waals surface area contributed by atoms with E-state index in [1.54, 1.807) is 6.08 Å². The van der Waals surface area contributed by atoms with Crippen LogP contribution in [0.25, 0.3) is 6.08 Å². The van der Waals surface area contributed by atoms with Gasteiger partial charge < -0.3 is 4.74 Å². The largest absolute Gasteiger partial charge is 0.494 e. The zero-order valence-corrected chi connectivity index (χ0v) is 13.2. The van der Waals surface area contributed by atoms with Crippen molar-refractivity contribution in [3.63, 3.8) is 0 Å². The molecule has 0 aliphatic rings. The number of aromatic nitrogens is 1. The molecule has 2 rings (SSSR count). The standard InChI is InChI=1S/C16H18N2O2S/c1-4-20-14-8-5-13(6-9-14)7-10-15(19)18-16-17-11(2)12(3)21-16/h5-10H,4H2,1-3H3,(H,17,18,19). The Balaban J connectivity index is 1.95. The summed E-state index contributed by atoms with van der Waals surface area (Å²) in [6.07, 6.45) is 3.26. The van der Waals surface area contributed by atoms with E-state index in [0.29, 0.717) is 11.7 Å². The van der Waals surface area contributed by atoms with Gasteiger partial charge in [-0.15, -0.1) is 11.3 Å². The first-order valence-corrected chi connectivity index (χ1v) is 7.56. The van der Waals surface area contributed by atoms with Crippen molar-refractivity contribution in [2.24, 2.45) is 0 Å². The molecule has 0 fully saturated rings. The van der Waals surface area contributed by atoms with Crippen molar-refractivity contribution in [3.8, 4) is 5.75 Å². The molecule has 1 aromatic carbocycles. The summed E-state index contributed by atoms with van der Waals surface area (Å²) in [5.41, 5.74) is 1.89. The lowest BCUT2D eigenvalue weighted by atomic mass is 10.2. The lowest BCUT2D eigenvalue weighted by Crippen LogP contribution is -2.07. The van der Waals surface area contributed by atoms with Gasteiger partial charge in [0.1, 0.15) is 5.75 Å². The maximum atomic E-state index is 11.8. The van der Waals surface area contributed by atoms with Gasteiger partial charge in [0, 0.05) is 11.0 Å². The number of carbonyl (C=O) groups is 1. The van der Waals surface area contributed by atoms with Crippen molar-refractivity contribution in [2.45, 2.75) is 20.8 Å². The molecule has 1 amide bonds. The van der Waals surface area contributed by atoms with Crippen molar-refractivity contribution in [1.82, 2.24) is 4.98 Å².